The second kappa shape index (κ2) is 6.37. The van der Waals surface area contributed by atoms with Gasteiger partial charge in [-0.3, -0.25) is 9.78 Å². The number of benzene rings is 1. The summed E-state index contributed by atoms with van der Waals surface area (Å²) in [6.45, 7) is 6.86. The predicted molar refractivity (Wildman–Crippen MR) is 99.2 cm³/mol. The first-order valence-electron chi connectivity index (χ1n) is 8.83. The van der Waals surface area contributed by atoms with E-state index in [4.69, 9.17) is 0 Å². The maximum atomic E-state index is 12.6. The van der Waals surface area contributed by atoms with Crippen LogP contribution in [-0.2, 0) is 6.42 Å². The summed E-state index contributed by atoms with van der Waals surface area (Å²) in [5.74, 6) is 0.114. The van der Waals surface area contributed by atoms with E-state index in [0.29, 0.717) is 0 Å². The number of hydrogen-bond donors (Lipinski definition) is 0. The summed E-state index contributed by atoms with van der Waals surface area (Å²) in [4.78, 5) is 18.7. The van der Waals surface area contributed by atoms with Crippen molar-refractivity contribution < 1.29 is 4.79 Å². The largest absolute Gasteiger partial charge is 0.336 e. The van der Waals surface area contributed by atoms with Crippen LogP contribution in [0.1, 0.15) is 35.5 Å². The lowest BCUT2D eigenvalue weighted by atomic mass is 9.94. The Morgan fingerprint density at radius 2 is 2.04 bits per heavy atom. The van der Waals surface area contributed by atoms with Crippen molar-refractivity contribution in [2.75, 3.05) is 6.54 Å². The van der Waals surface area contributed by atoms with Crippen molar-refractivity contribution in [3.05, 3.63) is 59.5 Å². The molecule has 1 amide bonds. The number of nitrogens with zero attached hydrogens (tertiary/aromatic N) is 5. The third-order valence-corrected chi connectivity index (χ3v) is 4.90. The van der Waals surface area contributed by atoms with Gasteiger partial charge < -0.3 is 4.90 Å². The van der Waals surface area contributed by atoms with Crippen molar-refractivity contribution in [2.45, 2.75) is 33.2 Å². The van der Waals surface area contributed by atoms with Gasteiger partial charge in [0.1, 0.15) is 5.69 Å². The highest BCUT2D eigenvalue weighted by atomic mass is 16.2. The standard InChI is InChI=1S/C20H21N5O/c1-13(2)24-10-8-15-11-16(6-7-18(15)20(24)26)19-14(3)25(23-22-19)17-5-4-9-21-12-17/h4-7,9,11-13H,8,10H2,1-3H3. The zero-order valence-electron chi connectivity index (χ0n) is 15.2. The van der Waals surface area contributed by atoms with Gasteiger partial charge in [-0.05, 0) is 57.0 Å². The Labute approximate surface area is 152 Å². The molecule has 0 atom stereocenters. The molecule has 132 valence electrons. The molecule has 1 aliphatic heterocycles. The minimum absolute atomic E-state index is 0.114. The lowest BCUT2D eigenvalue weighted by molar-refractivity contribution is 0.0688. The second-order valence-electron chi connectivity index (χ2n) is 6.86. The normalized spacial score (nSPS) is 14.0. The minimum Gasteiger partial charge on any atom is -0.336 e. The fourth-order valence-corrected chi connectivity index (χ4v) is 3.47. The number of carbonyl (C=O) groups excluding carboxylic acids is 1. The summed E-state index contributed by atoms with van der Waals surface area (Å²) in [5.41, 5.74) is 5.52. The van der Waals surface area contributed by atoms with Crippen molar-refractivity contribution in [1.82, 2.24) is 24.9 Å². The number of carbonyl (C=O) groups is 1. The average molecular weight is 347 g/mol. The van der Waals surface area contributed by atoms with Crippen molar-refractivity contribution >= 4 is 5.91 Å². The van der Waals surface area contributed by atoms with E-state index in [-0.39, 0.29) is 11.9 Å². The monoisotopic (exact) mass is 347 g/mol. The van der Waals surface area contributed by atoms with Crippen LogP contribution in [0.4, 0.5) is 0 Å². The molecule has 1 aromatic carbocycles. The van der Waals surface area contributed by atoms with E-state index in [9.17, 15) is 4.79 Å². The molecule has 0 saturated heterocycles. The Kier molecular flexibility index (Phi) is 4.03. The molecule has 0 spiro atoms. The molecule has 0 aliphatic carbocycles. The van der Waals surface area contributed by atoms with E-state index >= 15 is 0 Å². The van der Waals surface area contributed by atoms with Crippen LogP contribution in [0.2, 0.25) is 0 Å². The Morgan fingerprint density at radius 1 is 1.19 bits per heavy atom. The molecule has 0 saturated carbocycles. The summed E-state index contributed by atoms with van der Waals surface area (Å²) < 4.78 is 1.79. The number of aromatic nitrogens is 4. The van der Waals surface area contributed by atoms with Gasteiger partial charge in [0.25, 0.3) is 5.91 Å². The molecule has 0 bridgehead atoms. The van der Waals surface area contributed by atoms with Crippen molar-refractivity contribution in [3.8, 4) is 16.9 Å². The van der Waals surface area contributed by atoms with Gasteiger partial charge in [-0.1, -0.05) is 11.3 Å². The second-order valence-corrected chi connectivity index (χ2v) is 6.86. The predicted octanol–water partition coefficient (Wildman–Crippen LogP) is 3.04. The van der Waals surface area contributed by atoms with Gasteiger partial charge in [0.15, 0.2) is 0 Å². The van der Waals surface area contributed by atoms with Crippen LogP contribution in [0.25, 0.3) is 16.9 Å². The van der Waals surface area contributed by atoms with Crippen molar-refractivity contribution in [2.24, 2.45) is 0 Å². The lowest BCUT2D eigenvalue weighted by Gasteiger charge is -2.32. The Hall–Kier alpha value is -3.02. The minimum atomic E-state index is 0.114. The lowest BCUT2D eigenvalue weighted by Crippen LogP contribution is -2.42. The molecule has 3 heterocycles. The Balaban J connectivity index is 1.71. The van der Waals surface area contributed by atoms with Crippen molar-refractivity contribution in [1.29, 1.82) is 0 Å². The van der Waals surface area contributed by atoms with Crippen LogP contribution in [-0.4, -0.2) is 43.4 Å². The summed E-state index contributed by atoms with van der Waals surface area (Å²) in [7, 11) is 0. The zero-order valence-corrected chi connectivity index (χ0v) is 15.2. The van der Waals surface area contributed by atoms with Crippen LogP contribution < -0.4 is 0 Å². The van der Waals surface area contributed by atoms with E-state index < -0.39 is 0 Å². The van der Waals surface area contributed by atoms with Gasteiger partial charge in [0.05, 0.1) is 17.6 Å². The van der Waals surface area contributed by atoms with Crippen LogP contribution in [0.5, 0.6) is 0 Å². The Morgan fingerprint density at radius 3 is 2.77 bits per heavy atom. The molecular weight excluding hydrogens is 326 g/mol. The van der Waals surface area contributed by atoms with Gasteiger partial charge in [-0.25, -0.2) is 4.68 Å². The maximum absolute atomic E-state index is 12.6. The molecule has 26 heavy (non-hydrogen) atoms. The number of hydrogen-bond acceptors (Lipinski definition) is 4. The molecule has 0 N–H and O–H groups in total. The van der Waals surface area contributed by atoms with Crippen LogP contribution in [0.3, 0.4) is 0 Å². The molecule has 3 aromatic rings. The first kappa shape index (κ1) is 16.4. The first-order valence-corrected chi connectivity index (χ1v) is 8.83. The molecular formula is C20H21N5O. The summed E-state index contributed by atoms with van der Waals surface area (Å²) in [5, 5.41) is 8.64. The van der Waals surface area contributed by atoms with Crippen LogP contribution >= 0.6 is 0 Å². The average Bonchev–Trinajstić information content (AvgIpc) is 3.03. The highest BCUT2D eigenvalue weighted by Crippen LogP contribution is 2.28. The van der Waals surface area contributed by atoms with Crippen LogP contribution in [0, 0.1) is 6.92 Å². The van der Waals surface area contributed by atoms with Gasteiger partial charge >= 0.3 is 0 Å². The fraction of sp³-hybridized carbons (Fsp3) is 0.300. The number of pyridine rings is 1. The molecule has 0 unspecified atom stereocenters. The van der Waals surface area contributed by atoms with E-state index in [0.717, 1.165) is 46.7 Å². The molecule has 6 heteroatoms. The molecule has 0 radical (unpaired) electrons. The zero-order chi connectivity index (χ0) is 18.3. The van der Waals surface area contributed by atoms with Crippen molar-refractivity contribution in [3.63, 3.8) is 0 Å². The summed E-state index contributed by atoms with van der Waals surface area (Å²) in [6, 6.07) is 10.0. The number of rotatable bonds is 3. The quantitative estimate of drug-likeness (QED) is 0.730. The third-order valence-electron chi connectivity index (χ3n) is 4.90. The molecule has 4 rings (SSSR count). The Bertz CT molecular complexity index is 962. The summed E-state index contributed by atoms with van der Waals surface area (Å²) >= 11 is 0. The topological polar surface area (TPSA) is 63.9 Å². The number of amides is 1. The first-order chi connectivity index (χ1) is 12.6. The molecule has 0 fully saturated rings. The highest BCUT2D eigenvalue weighted by molar-refractivity contribution is 5.97. The SMILES string of the molecule is Cc1c(-c2ccc3c(c2)CCN(C(C)C)C3=O)nnn1-c1cccnc1. The van der Waals surface area contributed by atoms with Gasteiger partial charge in [-0.2, -0.15) is 0 Å². The highest BCUT2D eigenvalue weighted by Gasteiger charge is 2.26. The van der Waals surface area contributed by atoms with Gasteiger partial charge in [-0.15, -0.1) is 5.10 Å². The smallest absolute Gasteiger partial charge is 0.254 e. The van der Waals surface area contributed by atoms with E-state index in [1.807, 2.05) is 36.1 Å². The van der Waals surface area contributed by atoms with E-state index in [1.165, 1.54) is 0 Å². The summed E-state index contributed by atoms with van der Waals surface area (Å²) in [6.07, 6.45) is 4.36. The maximum Gasteiger partial charge on any atom is 0.254 e. The number of fused-ring (bicyclic) bond motifs is 1. The van der Waals surface area contributed by atoms with E-state index in [2.05, 4.69) is 35.2 Å². The van der Waals surface area contributed by atoms with Gasteiger partial charge in [0.2, 0.25) is 0 Å². The van der Waals surface area contributed by atoms with Crippen LogP contribution in [0.15, 0.2) is 42.7 Å². The fourth-order valence-electron chi connectivity index (χ4n) is 3.47. The molecule has 6 nitrogen and oxygen atoms in total. The van der Waals surface area contributed by atoms with Gasteiger partial charge in [0, 0.05) is 29.9 Å². The third kappa shape index (κ3) is 2.67. The molecule has 1 aliphatic rings. The molecule has 2 aromatic heterocycles. The van der Waals surface area contributed by atoms with E-state index in [1.54, 1.807) is 17.1 Å².